The van der Waals surface area contributed by atoms with Crippen molar-refractivity contribution in [1.82, 2.24) is 5.32 Å². The quantitative estimate of drug-likeness (QED) is 0.897. The first-order valence-electron chi connectivity index (χ1n) is 6.62. The lowest BCUT2D eigenvalue weighted by Crippen LogP contribution is -2.20. The first-order chi connectivity index (χ1) is 8.92. The van der Waals surface area contributed by atoms with E-state index >= 15 is 0 Å². The number of nitrogens with zero attached hydrogens (tertiary/aromatic N) is 1. The molecule has 0 saturated carbocycles. The van der Waals surface area contributed by atoms with Gasteiger partial charge in [-0.25, -0.2) is 0 Å². The molecule has 1 aromatic rings. The van der Waals surface area contributed by atoms with Gasteiger partial charge < -0.3 is 5.32 Å². The molecule has 1 aromatic carbocycles. The van der Waals surface area contributed by atoms with Gasteiger partial charge in [-0.05, 0) is 29.5 Å². The molecule has 104 valence electrons. The van der Waals surface area contributed by atoms with Crippen molar-refractivity contribution in [1.29, 1.82) is 0 Å². The molecule has 0 aliphatic carbocycles. The van der Waals surface area contributed by atoms with Crippen molar-refractivity contribution < 1.29 is 0 Å². The summed E-state index contributed by atoms with van der Waals surface area (Å²) in [5.41, 5.74) is 1.60. The van der Waals surface area contributed by atoms with E-state index < -0.39 is 0 Å². The van der Waals surface area contributed by atoms with Crippen molar-refractivity contribution in [2.75, 3.05) is 6.54 Å². The second kappa shape index (κ2) is 6.19. The molecule has 1 aliphatic heterocycles. The van der Waals surface area contributed by atoms with Crippen molar-refractivity contribution in [3.63, 3.8) is 0 Å². The Morgan fingerprint density at radius 1 is 1.32 bits per heavy atom. The molecule has 1 heterocycles. The fourth-order valence-electron chi connectivity index (χ4n) is 2.08. The maximum Gasteiger partial charge on any atom is 0.157 e. The van der Waals surface area contributed by atoms with Gasteiger partial charge in [0.25, 0.3) is 0 Å². The molecular formula is C15H21ClN2S. The average molecular weight is 297 g/mol. The van der Waals surface area contributed by atoms with Gasteiger partial charge in [-0.3, -0.25) is 4.99 Å². The second-order valence-corrected chi connectivity index (χ2v) is 7.86. The molecule has 0 fully saturated rings. The van der Waals surface area contributed by atoms with Crippen LogP contribution in [0.3, 0.4) is 0 Å². The Morgan fingerprint density at radius 2 is 2.00 bits per heavy atom. The van der Waals surface area contributed by atoms with Gasteiger partial charge >= 0.3 is 0 Å². The summed E-state index contributed by atoms with van der Waals surface area (Å²) in [5.74, 6) is 0. The van der Waals surface area contributed by atoms with Crippen molar-refractivity contribution in [3.05, 3.63) is 34.9 Å². The van der Waals surface area contributed by atoms with Crippen molar-refractivity contribution >= 4 is 28.5 Å². The van der Waals surface area contributed by atoms with Crippen LogP contribution in [0.4, 0.5) is 0 Å². The number of hydrogen-bond acceptors (Lipinski definition) is 3. The highest BCUT2D eigenvalue weighted by Gasteiger charge is 2.24. The molecule has 2 rings (SSSR count). The standard InChI is InChI=1S/C15H21ClN2S/c1-15(2,3)8-13-10-18-14(19-13)17-9-11-4-6-12(16)7-5-11/h4-7,13H,8-10H2,1-3H3,(H,17,18). The smallest absolute Gasteiger partial charge is 0.157 e. The minimum atomic E-state index is 0.374. The largest absolute Gasteiger partial charge is 0.361 e. The van der Waals surface area contributed by atoms with E-state index in [4.69, 9.17) is 11.6 Å². The summed E-state index contributed by atoms with van der Waals surface area (Å²) in [6.07, 6.45) is 1.20. The van der Waals surface area contributed by atoms with Gasteiger partial charge in [-0.1, -0.05) is 56.3 Å². The van der Waals surface area contributed by atoms with Gasteiger partial charge in [0.2, 0.25) is 0 Å². The molecule has 0 spiro atoms. The summed E-state index contributed by atoms with van der Waals surface area (Å²) in [4.78, 5) is 4.58. The van der Waals surface area contributed by atoms with Gasteiger partial charge in [0.15, 0.2) is 5.17 Å². The van der Waals surface area contributed by atoms with Crippen molar-refractivity contribution in [2.24, 2.45) is 10.4 Å². The first-order valence-corrected chi connectivity index (χ1v) is 7.87. The van der Waals surface area contributed by atoms with Crippen LogP contribution >= 0.6 is 23.4 Å². The monoisotopic (exact) mass is 296 g/mol. The first kappa shape index (κ1) is 14.7. The van der Waals surface area contributed by atoms with Crippen LogP contribution < -0.4 is 5.32 Å². The Bertz CT molecular complexity index is 448. The van der Waals surface area contributed by atoms with E-state index in [2.05, 4.69) is 31.1 Å². The Hall–Kier alpha value is -0.670. The van der Waals surface area contributed by atoms with Crippen LogP contribution in [0.1, 0.15) is 32.8 Å². The highest BCUT2D eigenvalue weighted by Crippen LogP contribution is 2.31. The highest BCUT2D eigenvalue weighted by molar-refractivity contribution is 8.14. The number of rotatable bonds is 3. The molecule has 4 heteroatoms. The van der Waals surface area contributed by atoms with Gasteiger partial charge in [0.05, 0.1) is 6.54 Å². The molecule has 0 amide bonds. The zero-order valence-electron chi connectivity index (χ0n) is 11.7. The minimum Gasteiger partial charge on any atom is -0.361 e. The summed E-state index contributed by atoms with van der Waals surface area (Å²) >= 11 is 7.74. The molecule has 1 aliphatic rings. The fourth-order valence-corrected chi connectivity index (χ4v) is 3.56. The predicted octanol–water partition coefficient (Wildman–Crippen LogP) is 4.34. The molecule has 0 saturated heterocycles. The summed E-state index contributed by atoms with van der Waals surface area (Å²) in [6.45, 7) is 8.60. The maximum atomic E-state index is 5.87. The maximum absolute atomic E-state index is 5.87. The van der Waals surface area contributed by atoms with Gasteiger partial charge in [-0.15, -0.1) is 0 Å². The number of benzene rings is 1. The fraction of sp³-hybridized carbons (Fsp3) is 0.533. The van der Waals surface area contributed by atoms with Gasteiger partial charge in [-0.2, -0.15) is 0 Å². The third kappa shape index (κ3) is 5.07. The Labute approximate surface area is 125 Å². The topological polar surface area (TPSA) is 24.4 Å². The molecule has 0 bridgehead atoms. The summed E-state index contributed by atoms with van der Waals surface area (Å²) in [6, 6.07) is 7.93. The summed E-state index contributed by atoms with van der Waals surface area (Å²) < 4.78 is 0. The molecule has 2 nitrogen and oxygen atoms in total. The zero-order chi connectivity index (χ0) is 13.9. The Morgan fingerprint density at radius 3 is 2.63 bits per heavy atom. The number of hydrogen-bond donors (Lipinski definition) is 1. The van der Waals surface area contributed by atoms with Gasteiger partial charge in [0.1, 0.15) is 0 Å². The van der Waals surface area contributed by atoms with E-state index in [1.807, 2.05) is 36.0 Å². The second-order valence-electron chi connectivity index (χ2n) is 6.13. The van der Waals surface area contributed by atoms with Crippen LogP contribution in [-0.2, 0) is 6.54 Å². The number of amidine groups is 1. The number of aliphatic imine (C=N–C) groups is 1. The van der Waals surface area contributed by atoms with Crippen LogP contribution in [0.25, 0.3) is 0 Å². The molecule has 1 unspecified atom stereocenters. The van der Waals surface area contributed by atoms with E-state index in [1.54, 1.807) is 0 Å². The predicted molar refractivity (Wildman–Crippen MR) is 86.0 cm³/mol. The van der Waals surface area contributed by atoms with E-state index in [9.17, 15) is 0 Å². The molecular weight excluding hydrogens is 276 g/mol. The molecule has 0 radical (unpaired) electrons. The number of thioether (sulfide) groups is 1. The van der Waals surface area contributed by atoms with Crippen LogP contribution in [0, 0.1) is 5.41 Å². The SMILES string of the molecule is CC(C)(C)CC1CN=C(NCc2ccc(Cl)cc2)S1. The van der Waals surface area contributed by atoms with Crippen LogP contribution in [-0.4, -0.2) is 17.0 Å². The Balaban J connectivity index is 1.78. The summed E-state index contributed by atoms with van der Waals surface area (Å²) in [7, 11) is 0. The third-order valence-electron chi connectivity index (χ3n) is 2.91. The van der Waals surface area contributed by atoms with Crippen LogP contribution in [0.15, 0.2) is 29.3 Å². The van der Waals surface area contributed by atoms with Gasteiger partial charge in [0, 0.05) is 16.8 Å². The van der Waals surface area contributed by atoms with Crippen LogP contribution in [0.2, 0.25) is 5.02 Å². The van der Waals surface area contributed by atoms with Crippen LogP contribution in [0.5, 0.6) is 0 Å². The van der Waals surface area contributed by atoms with E-state index in [1.165, 1.54) is 12.0 Å². The number of halogens is 1. The van der Waals surface area contributed by atoms with E-state index in [0.717, 1.165) is 23.3 Å². The van der Waals surface area contributed by atoms with Crippen molar-refractivity contribution in [2.45, 2.75) is 39.0 Å². The van der Waals surface area contributed by atoms with E-state index in [0.29, 0.717) is 10.7 Å². The highest BCUT2D eigenvalue weighted by atomic mass is 35.5. The molecule has 1 atom stereocenters. The molecule has 0 aromatic heterocycles. The molecule has 1 N–H and O–H groups in total. The van der Waals surface area contributed by atoms with Crippen molar-refractivity contribution in [3.8, 4) is 0 Å². The lowest BCUT2D eigenvalue weighted by Gasteiger charge is -2.21. The summed E-state index contributed by atoms with van der Waals surface area (Å²) in [5, 5.41) is 5.87. The minimum absolute atomic E-state index is 0.374. The Kier molecular flexibility index (Phi) is 4.80. The lowest BCUT2D eigenvalue weighted by atomic mass is 9.90. The third-order valence-corrected chi connectivity index (χ3v) is 4.31. The molecule has 19 heavy (non-hydrogen) atoms. The average Bonchev–Trinajstić information content (AvgIpc) is 2.73. The normalized spacial score (nSPS) is 19.4. The lowest BCUT2D eigenvalue weighted by molar-refractivity contribution is 0.375. The zero-order valence-corrected chi connectivity index (χ0v) is 13.3. The number of nitrogens with one attached hydrogen (secondary N) is 1. The van der Waals surface area contributed by atoms with E-state index in [-0.39, 0.29) is 0 Å².